The average molecular weight is 319 g/mol. The van der Waals surface area contributed by atoms with Crippen molar-refractivity contribution in [3.05, 3.63) is 41.4 Å². The number of hydrogen-bond acceptors (Lipinski definition) is 3. The molecule has 1 saturated carbocycles. The largest absolute Gasteiger partial charge is 0.441 e. The van der Waals surface area contributed by atoms with Crippen LogP contribution in [0.1, 0.15) is 32.1 Å². The van der Waals surface area contributed by atoms with Crippen LogP contribution in [0.3, 0.4) is 0 Å². The number of oxazole rings is 1. The van der Waals surface area contributed by atoms with E-state index < -0.39 is 0 Å². The van der Waals surface area contributed by atoms with Crippen LogP contribution in [0.5, 0.6) is 0 Å². The highest BCUT2D eigenvalue weighted by Gasteiger charge is 2.28. The Balaban J connectivity index is 1.53. The molecule has 4 nitrogen and oxygen atoms in total. The number of aryl methyl sites for hydroxylation is 1. The van der Waals surface area contributed by atoms with E-state index in [1.807, 2.05) is 24.3 Å². The second-order valence-corrected chi connectivity index (χ2v) is 6.26. The molecule has 2 aromatic rings. The highest BCUT2D eigenvalue weighted by atomic mass is 35.5. The maximum atomic E-state index is 11.9. The molecule has 1 unspecified atom stereocenters. The molecule has 1 heterocycles. The lowest BCUT2D eigenvalue weighted by molar-refractivity contribution is -0.121. The van der Waals surface area contributed by atoms with Crippen molar-refractivity contribution in [3.63, 3.8) is 0 Å². The zero-order chi connectivity index (χ0) is 15.5. The van der Waals surface area contributed by atoms with E-state index in [2.05, 4.69) is 17.2 Å². The second kappa shape index (κ2) is 6.53. The third-order valence-corrected chi connectivity index (χ3v) is 4.22. The molecule has 116 valence electrons. The molecule has 3 rings (SSSR count). The second-order valence-electron chi connectivity index (χ2n) is 5.82. The van der Waals surface area contributed by atoms with E-state index in [9.17, 15) is 4.79 Å². The predicted octanol–water partition coefficient (Wildman–Crippen LogP) is 3.84. The third-order valence-electron chi connectivity index (χ3n) is 3.97. The van der Waals surface area contributed by atoms with Crippen molar-refractivity contribution in [1.82, 2.24) is 10.3 Å². The molecule has 0 spiro atoms. The molecule has 1 aliphatic carbocycles. The molecule has 1 aliphatic rings. The summed E-state index contributed by atoms with van der Waals surface area (Å²) >= 11 is 5.87. The zero-order valence-electron chi connectivity index (χ0n) is 12.5. The number of hydrogen-bond donors (Lipinski definition) is 1. The van der Waals surface area contributed by atoms with Gasteiger partial charge in [0.05, 0.1) is 6.20 Å². The van der Waals surface area contributed by atoms with Gasteiger partial charge >= 0.3 is 0 Å². The number of nitrogens with zero attached hydrogens (tertiary/aromatic N) is 1. The summed E-state index contributed by atoms with van der Waals surface area (Å²) in [7, 11) is 0. The van der Waals surface area contributed by atoms with Crippen LogP contribution in [0.4, 0.5) is 0 Å². The lowest BCUT2D eigenvalue weighted by atomic mass is 10.2. The van der Waals surface area contributed by atoms with Crippen LogP contribution < -0.4 is 5.32 Å². The summed E-state index contributed by atoms with van der Waals surface area (Å²) in [5.41, 5.74) is 0.926. The summed E-state index contributed by atoms with van der Waals surface area (Å²) in [6, 6.07) is 7.67. The van der Waals surface area contributed by atoms with Crippen molar-refractivity contribution < 1.29 is 9.21 Å². The molecule has 22 heavy (non-hydrogen) atoms. The minimum Gasteiger partial charge on any atom is -0.441 e. The van der Waals surface area contributed by atoms with E-state index in [1.165, 1.54) is 12.8 Å². The molecule has 0 bridgehead atoms. The number of amides is 1. The Hall–Kier alpha value is -1.81. The fourth-order valence-corrected chi connectivity index (χ4v) is 2.56. The Morgan fingerprint density at radius 1 is 1.41 bits per heavy atom. The molecule has 1 aromatic heterocycles. The zero-order valence-corrected chi connectivity index (χ0v) is 13.3. The van der Waals surface area contributed by atoms with Gasteiger partial charge in [-0.05, 0) is 49.9 Å². The molecule has 1 N–H and O–H groups in total. The van der Waals surface area contributed by atoms with E-state index >= 15 is 0 Å². The summed E-state index contributed by atoms with van der Waals surface area (Å²) < 4.78 is 5.69. The number of benzene rings is 1. The van der Waals surface area contributed by atoms with Gasteiger partial charge in [-0.3, -0.25) is 4.79 Å². The first-order chi connectivity index (χ1) is 10.6. The molecule has 0 radical (unpaired) electrons. The minimum absolute atomic E-state index is 0.0608. The summed E-state index contributed by atoms with van der Waals surface area (Å²) in [5.74, 6) is 2.01. The van der Waals surface area contributed by atoms with E-state index in [-0.39, 0.29) is 11.9 Å². The lowest BCUT2D eigenvalue weighted by Gasteiger charge is -2.11. The van der Waals surface area contributed by atoms with Gasteiger partial charge < -0.3 is 9.73 Å². The van der Waals surface area contributed by atoms with Crippen molar-refractivity contribution in [2.24, 2.45) is 5.92 Å². The topological polar surface area (TPSA) is 55.1 Å². The molecule has 0 saturated heterocycles. The van der Waals surface area contributed by atoms with Gasteiger partial charge in [0.25, 0.3) is 0 Å². The monoisotopic (exact) mass is 318 g/mol. The van der Waals surface area contributed by atoms with Crippen molar-refractivity contribution in [1.29, 1.82) is 0 Å². The maximum Gasteiger partial charge on any atom is 0.220 e. The standard InChI is InChI=1S/C17H19ClN2O2/c1-11(12-2-3-12)20-16(21)8-9-17-19-10-15(22-17)13-4-6-14(18)7-5-13/h4-7,10-12H,2-3,8-9H2,1H3,(H,20,21). The molecule has 1 fully saturated rings. The number of nitrogens with one attached hydrogen (secondary N) is 1. The Bertz CT molecular complexity index is 647. The Labute approximate surface area is 134 Å². The molecule has 1 aromatic carbocycles. The van der Waals surface area contributed by atoms with Crippen LogP contribution in [0.25, 0.3) is 11.3 Å². The number of aromatic nitrogens is 1. The number of rotatable bonds is 6. The van der Waals surface area contributed by atoms with Crippen molar-refractivity contribution >= 4 is 17.5 Å². The highest BCUT2D eigenvalue weighted by molar-refractivity contribution is 6.30. The van der Waals surface area contributed by atoms with Gasteiger partial charge in [0.2, 0.25) is 5.91 Å². The van der Waals surface area contributed by atoms with Gasteiger partial charge in [-0.2, -0.15) is 0 Å². The summed E-state index contributed by atoms with van der Waals surface area (Å²) in [6.45, 7) is 2.07. The Morgan fingerprint density at radius 2 is 2.14 bits per heavy atom. The molecular weight excluding hydrogens is 300 g/mol. The average Bonchev–Trinajstić information content (AvgIpc) is 3.25. The fraction of sp³-hybridized carbons (Fsp3) is 0.412. The first kappa shape index (κ1) is 15.1. The summed E-state index contributed by atoms with van der Waals surface area (Å²) in [6.07, 6.45) is 5.05. The van der Waals surface area contributed by atoms with Crippen LogP contribution >= 0.6 is 11.6 Å². The molecular formula is C17H19ClN2O2. The van der Waals surface area contributed by atoms with E-state index in [1.54, 1.807) is 6.20 Å². The van der Waals surface area contributed by atoms with Gasteiger partial charge in [0, 0.05) is 29.5 Å². The first-order valence-electron chi connectivity index (χ1n) is 7.62. The van der Waals surface area contributed by atoms with E-state index in [4.69, 9.17) is 16.0 Å². The number of carbonyl (C=O) groups excluding carboxylic acids is 1. The quantitative estimate of drug-likeness (QED) is 0.880. The van der Waals surface area contributed by atoms with Gasteiger partial charge in [-0.25, -0.2) is 4.98 Å². The van der Waals surface area contributed by atoms with Crippen LogP contribution in [0, 0.1) is 5.92 Å². The SMILES string of the molecule is CC(NC(=O)CCc1ncc(-c2ccc(Cl)cc2)o1)C1CC1. The lowest BCUT2D eigenvalue weighted by Crippen LogP contribution is -2.34. The van der Waals surface area contributed by atoms with Crippen LogP contribution in [-0.4, -0.2) is 16.9 Å². The smallest absolute Gasteiger partial charge is 0.220 e. The van der Waals surface area contributed by atoms with Crippen LogP contribution in [0.15, 0.2) is 34.9 Å². The molecule has 1 atom stereocenters. The van der Waals surface area contributed by atoms with Gasteiger partial charge in [-0.15, -0.1) is 0 Å². The van der Waals surface area contributed by atoms with Crippen LogP contribution in [0.2, 0.25) is 5.02 Å². The Kier molecular flexibility index (Phi) is 4.48. The summed E-state index contributed by atoms with van der Waals surface area (Å²) in [4.78, 5) is 16.1. The van der Waals surface area contributed by atoms with Gasteiger partial charge in [0.1, 0.15) is 0 Å². The van der Waals surface area contributed by atoms with E-state index in [0.717, 1.165) is 5.56 Å². The molecule has 1 amide bonds. The minimum atomic E-state index is 0.0608. The third kappa shape index (κ3) is 3.89. The Morgan fingerprint density at radius 3 is 2.82 bits per heavy atom. The molecule has 5 heteroatoms. The number of carbonyl (C=O) groups is 1. The van der Waals surface area contributed by atoms with Crippen molar-refractivity contribution in [2.75, 3.05) is 0 Å². The van der Waals surface area contributed by atoms with Crippen molar-refractivity contribution in [3.8, 4) is 11.3 Å². The van der Waals surface area contributed by atoms with Gasteiger partial charge in [0.15, 0.2) is 11.7 Å². The maximum absolute atomic E-state index is 11.9. The predicted molar refractivity (Wildman–Crippen MR) is 85.6 cm³/mol. The fourth-order valence-electron chi connectivity index (χ4n) is 2.43. The summed E-state index contributed by atoms with van der Waals surface area (Å²) in [5, 5.41) is 3.72. The van der Waals surface area contributed by atoms with Gasteiger partial charge in [-0.1, -0.05) is 11.6 Å². The van der Waals surface area contributed by atoms with Crippen LogP contribution in [-0.2, 0) is 11.2 Å². The van der Waals surface area contributed by atoms with E-state index in [0.29, 0.717) is 35.4 Å². The highest BCUT2D eigenvalue weighted by Crippen LogP contribution is 2.32. The normalized spacial score (nSPS) is 15.5. The number of halogens is 1. The molecule has 0 aliphatic heterocycles. The first-order valence-corrected chi connectivity index (χ1v) is 7.99. The van der Waals surface area contributed by atoms with Crippen molar-refractivity contribution in [2.45, 2.75) is 38.6 Å².